The Morgan fingerprint density at radius 3 is 2.61 bits per heavy atom. The van der Waals surface area contributed by atoms with Gasteiger partial charge in [0.05, 0.1) is 0 Å². The quantitative estimate of drug-likeness (QED) is 0.656. The zero-order chi connectivity index (χ0) is 13.1. The maximum absolute atomic E-state index is 7.30. The highest BCUT2D eigenvalue weighted by Gasteiger charge is 2.03. The van der Waals surface area contributed by atoms with Gasteiger partial charge in [-0.15, -0.1) is 0 Å². The molecule has 2 aromatic rings. The molecular weight excluding hydrogens is 242 g/mol. The summed E-state index contributed by atoms with van der Waals surface area (Å²) in [5, 5.41) is 7.30. The van der Waals surface area contributed by atoms with E-state index in [9.17, 15) is 0 Å². The van der Waals surface area contributed by atoms with Gasteiger partial charge in [0, 0.05) is 16.0 Å². The molecule has 18 heavy (non-hydrogen) atoms. The van der Waals surface area contributed by atoms with Crippen molar-refractivity contribution in [2.45, 2.75) is 23.6 Å². The van der Waals surface area contributed by atoms with Crippen LogP contribution in [0.1, 0.15) is 16.8 Å². The minimum absolute atomic E-state index is 0.00159. The second-order valence-electron chi connectivity index (χ2n) is 4.16. The lowest BCUT2D eigenvalue weighted by Gasteiger charge is -2.07. The predicted octanol–water partition coefficient (Wildman–Crippen LogP) is 3.13. The SMILES string of the molecule is Cc1ccc(C)c(Sc2ccc(C(=N)N)nc2)c1. The standard InChI is InChI=1S/C14H15N3S/c1-9-3-4-10(2)13(7-9)18-11-5-6-12(14(15)16)17-8-11/h3-8H,1-2H3,(H3,15,16). The second kappa shape index (κ2) is 5.23. The molecule has 1 aromatic heterocycles. The van der Waals surface area contributed by atoms with Crippen LogP contribution in [-0.2, 0) is 0 Å². The normalized spacial score (nSPS) is 10.3. The van der Waals surface area contributed by atoms with Crippen LogP contribution in [-0.4, -0.2) is 10.8 Å². The molecule has 92 valence electrons. The number of aromatic nitrogens is 1. The van der Waals surface area contributed by atoms with Gasteiger partial charge in [0.1, 0.15) is 11.5 Å². The first kappa shape index (κ1) is 12.6. The van der Waals surface area contributed by atoms with Crippen molar-refractivity contribution in [1.29, 1.82) is 5.41 Å². The van der Waals surface area contributed by atoms with Crippen LogP contribution in [0.3, 0.4) is 0 Å². The molecule has 1 heterocycles. The lowest BCUT2D eigenvalue weighted by molar-refractivity contribution is 1.18. The maximum atomic E-state index is 7.30. The Labute approximate surface area is 111 Å². The van der Waals surface area contributed by atoms with Crippen LogP contribution in [0.25, 0.3) is 0 Å². The molecule has 0 atom stereocenters. The van der Waals surface area contributed by atoms with E-state index in [1.165, 1.54) is 16.0 Å². The fourth-order valence-corrected chi connectivity index (χ4v) is 2.51. The van der Waals surface area contributed by atoms with Crippen molar-refractivity contribution in [3.05, 3.63) is 53.3 Å². The Morgan fingerprint density at radius 1 is 1.22 bits per heavy atom. The molecule has 0 unspecified atom stereocenters. The maximum Gasteiger partial charge on any atom is 0.141 e. The summed E-state index contributed by atoms with van der Waals surface area (Å²) in [4.78, 5) is 6.43. The van der Waals surface area contributed by atoms with E-state index in [2.05, 4.69) is 37.0 Å². The van der Waals surface area contributed by atoms with Crippen LogP contribution in [0.2, 0.25) is 0 Å². The van der Waals surface area contributed by atoms with Crippen molar-refractivity contribution in [3.8, 4) is 0 Å². The number of nitrogens with zero attached hydrogens (tertiary/aromatic N) is 1. The summed E-state index contributed by atoms with van der Waals surface area (Å²) in [6, 6.07) is 10.1. The van der Waals surface area contributed by atoms with Crippen LogP contribution in [0.4, 0.5) is 0 Å². The van der Waals surface area contributed by atoms with Crippen molar-refractivity contribution in [3.63, 3.8) is 0 Å². The smallest absolute Gasteiger partial charge is 0.141 e. The summed E-state index contributed by atoms with van der Waals surface area (Å²) < 4.78 is 0. The van der Waals surface area contributed by atoms with Gasteiger partial charge >= 0.3 is 0 Å². The second-order valence-corrected chi connectivity index (χ2v) is 5.28. The summed E-state index contributed by atoms with van der Waals surface area (Å²) >= 11 is 1.67. The molecule has 0 saturated carbocycles. The van der Waals surface area contributed by atoms with Gasteiger partial charge in [-0.1, -0.05) is 23.9 Å². The summed E-state index contributed by atoms with van der Waals surface area (Å²) in [6.07, 6.45) is 1.75. The van der Waals surface area contributed by atoms with Crippen molar-refractivity contribution in [1.82, 2.24) is 4.98 Å². The molecule has 0 bridgehead atoms. The third kappa shape index (κ3) is 2.90. The third-order valence-corrected chi connectivity index (χ3v) is 3.72. The van der Waals surface area contributed by atoms with Gasteiger partial charge in [0.15, 0.2) is 0 Å². The Kier molecular flexibility index (Phi) is 3.67. The highest BCUT2D eigenvalue weighted by Crippen LogP contribution is 2.30. The van der Waals surface area contributed by atoms with Gasteiger partial charge in [-0.2, -0.15) is 0 Å². The Hall–Kier alpha value is -1.81. The van der Waals surface area contributed by atoms with E-state index in [4.69, 9.17) is 11.1 Å². The van der Waals surface area contributed by atoms with Crippen LogP contribution >= 0.6 is 11.8 Å². The lowest BCUT2D eigenvalue weighted by Crippen LogP contribution is -2.12. The number of nitrogen functional groups attached to an aromatic ring is 1. The van der Waals surface area contributed by atoms with Crippen LogP contribution in [0, 0.1) is 19.3 Å². The molecule has 3 N–H and O–H groups in total. The molecule has 0 radical (unpaired) electrons. The topological polar surface area (TPSA) is 62.8 Å². The average molecular weight is 257 g/mol. The van der Waals surface area contributed by atoms with E-state index >= 15 is 0 Å². The zero-order valence-corrected chi connectivity index (χ0v) is 11.2. The summed E-state index contributed by atoms with van der Waals surface area (Å²) in [5.74, 6) is -0.00159. The molecule has 0 amide bonds. The van der Waals surface area contributed by atoms with Crippen molar-refractivity contribution >= 4 is 17.6 Å². The third-order valence-electron chi connectivity index (χ3n) is 2.58. The van der Waals surface area contributed by atoms with E-state index in [-0.39, 0.29) is 5.84 Å². The van der Waals surface area contributed by atoms with Gasteiger partial charge in [-0.3, -0.25) is 10.4 Å². The van der Waals surface area contributed by atoms with E-state index in [0.29, 0.717) is 5.69 Å². The van der Waals surface area contributed by atoms with Gasteiger partial charge < -0.3 is 5.73 Å². The molecule has 0 aliphatic heterocycles. The van der Waals surface area contributed by atoms with E-state index < -0.39 is 0 Å². The zero-order valence-electron chi connectivity index (χ0n) is 10.4. The molecular formula is C14H15N3S. The molecule has 0 aliphatic carbocycles. The number of amidine groups is 1. The van der Waals surface area contributed by atoms with Gasteiger partial charge in [0.25, 0.3) is 0 Å². The van der Waals surface area contributed by atoms with Crippen molar-refractivity contribution < 1.29 is 0 Å². The number of hydrogen-bond acceptors (Lipinski definition) is 3. The van der Waals surface area contributed by atoms with E-state index in [1.54, 1.807) is 24.0 Å². The number of pyridine rings is 1. The number of aryl methyl sites for hydroxylation is 2. The van der Waals surface area contributed by atoms with E-state index in [0.717, 1.165) is 4.90 Å². The first-order chi connectivity index (χ1) is 8.56. The van der Waals surface area contributed by atoms with Crippen molar-refractivity contribution in [2.75, 3.05) is 0 Å². The highest BCUT2D eigenvalue weighted by atomic mass is 32.2. The summed E-state index contributed by atoms with van der Waals surface area (Å²) in [6.45, 7) is 4.18. The highest BCUT2D eigenvalue weighted by molar-refractivity contribution is 7.99. The summed E-state index contributed by atoms with van der Waals surface area (Å²) in [7, 11) is 0. The number of rotatable bonds is 3. The van der Waals surface area contributed by atoms with Crippen LogP contribution in [0.5, 0.6) is 0 Å². The largest absolute Gasteiger partial charge is 0.382 e. The molecule has 1 aromatic carbocycles. The fraction of sp³-hybridized carbons (Fsp3) is 0.143. The number of nitrogens with two attached hydrogens (primary N) is 1. The number of hydrogen-bond donors (Lipinski definition) is 2. The monoisotopic (exact) mass is 257 g/mol. The average Bonchev–Trinajstić information content (AvgIpc) is 2.34. The molecule has 0 aliphatic rings. The van der Waals surface area contributed by atoms with E-state index in [1.807, 2.05) is 6.07 Å². The molecule has 0 saturated heterocycles. The predicted molar refractivity (Wildman–Crippen MR) is 75.3 cm³/mol. The Morgan fingerprint density at radius 2 is 2.00 bits per heavy atom. The molecule has 2 rings (SSSR count). The Balaban J connectivity index is 2.23. The first-order valence-electron chi connectivity index (χ1n) is 5.62. The van der Waals surface area contributed by atoms with Gasteiger partial charge in [-0.05, 0) is 43.2 Å². The van der Waals surface area contributed by atoms with Gasteiger partial charge in [-0.25, -0.2) is 0 Å². The fourth-order valence-electron chi connectivity index (χ4n) is 1.54. The number of benzene rings is 1. The van der Waals surface area contributed by atoms with Crippen LogP contribution in [0.15, 0.2) is 46.3 Å². The molecule has 0 fully saturated rings. The molecule has 3 nitrogen and oxygen atoms in total. The van der Waals surface area contributed by atoms with Gasteiger partial charge in [0.2, 0.25) is 0 Å². The lowest BCUT2D eigenvalue weighted by atomic mass is 10.2. The van der Waals surface area contributed by atoms with Crippen LogP contribution < -0.4 is 5.73 Å². The summed E-state index contributed by atoms with van der Waals surface area (Å²) in [5.41, 5.74) is 8.39. The minimum Gasteiger partial charge on any atom is -0.382 e. The minimum atomic E-state index is -0.00159. The number of nitrogens with one attached hydrogen (secondary N) is 1. The molecule has 0 spiro atoms. The molecule has 4 heteroatoms. The first-order valence-corrected chi connectivity index (χ1v) is 6.43. The Bertz CT molecular complexity index is 576. The van der Waals surface area contributed by atoms with Crippen molar-refractivity contribution in [2.24, 2.45) is 5.73 Å².